The molecule has 2 aromatic rings. The van der Waals surface area contributed by atoms with Crippen LogP contribution in [0.2, 0.25) is 0 Å². The van der Waals surface area contributed by atoms with Crippen molar-refractivity contribution in [3.05, 3.63) is 53.7 Å². The van der Waals surface area contributed by atoms with E-state index in [0.717, 1.165) is 0 Å². The van der Waals surface area contributed by atoms with Crippen molar-refractivity contribution in [1.29, 1.82) is 0 Å². The highest BCUT2D eigenvalue weighted by Gasteiger charge is 2.19. The van der Waals surface area contributed by atoms with E-state index in [4.69, 9.17) is 10.6 Å². The van der Waals surface area contributed by atoms with Crippen LogP contribution in [0.15, 0.2) is 36.7 Å². The number of ether oxygens (including phenoxy) is 1. The maximum Gasteiger partial charge on any atom is 0.237 e. The zero-order valence-electron chi connectivity index (χ0n) is 10.5. The molecule has 1 unspecified atom stereocenters. The fourth-order valence-corrected chi connectivity index (χ4v) is 1.85. The summed E-state index contributed by atoms with van der Waals surface area (Å²) < 4.78 is 18.8. The summed E-state index contributed by atoms with van der Waals surface area (Å²) in [6.07, 6.45) is 3.43. The zero-order chi connectivity index (χ0) is 13.7. The number of nitrogens with one attached hydrogen (secondary N) is 1. The summed E-state index contributed by atoms with van der Waals surface area (Å²) in [6.45, 7) is 0. The Morgan fingerprint density at radius 2 is 2.05 bits per heavy atom. The molecule has 5 nitrogen and oxygen atoms in total. The molecule has 0 spiro atoms. The van der Waals surface area contributed by atoms with Gasteiger partial charge in [0.1, 0.15) is 11.5 Å². The summed E-state index contributed by atoms with van der Waals surface area (Å²) in [5.41, 5.74) is 3.73. The van der Waals surface area contributed by atoms with Crippen molar-refractivity contribution in [2.24, 2.45) is 5.84 Å². The van der Waals surface area contributed by atoms with Crippen LogP contribution in [-0.4, -0.2) is 17.1 Å². The number of halogens is 1. The van der Waals surface area contributed by atoms with E-state index in [9.17, 15) is 4.39 Å². The van der Waals surface area contributed by atoms with E-state index in [1.165, 1.54) is 19.4 Å². The molecule has 0 radical (unpaired) electrons. The molecule has 1 aromatic carbocycles. The lowest BCUT2D eigenvalue weighted by Crippen LogP contribution is -2.31. The van der Waals surface area contributed by atoms with Gasteiger partial charge in [0.25, 0.3) is 0 Å². The Balaban J connectivity index is 2.28. The van der Waals surface area contributed by atoms with Crippen LogP contribution in [0.1, 0.15) is 17.3 Å². The first-order valence-electron chi connectivity index (χ1n) is 5.80. The molecule has 19 heavy (non-hydrogen) atoms. The van der Waals surface area contributed by atoms with Crippen LogP contribution in [0, 0.1) is 5.82 Å². The summed E-state index contributed by atoms with van der Waals surface area (Å²) in [6, 6.07) is 6.17. The Labute approximate surface area is 110 Å². The van der Waals surface area contributed by atoms with Gasteiger partial charge in [-0.25, -0.2) is 9.37 Å². The van der Waals surface area contributed by atoms with Gasteiger partial charge in [-0.3, -0.25) is 16.3 Å². The Kier molecular flexibility index (Phi) is 4.38. The summed E-state index contributed by atoms with van der Waals surface area (Å²) in [5.74, 6) is 5.63. The van der Waals surface area contributed by atoms with E-state index in [1.807, 2.05) is 0 Å². The molecule has 100 valence electrons. The average Bonchev–Trinajstić information content (AvgIpc) is 2.46. The topological polar surface area (TPSA) is 73.1 Å². The predicted molar refractivity (Wildman–Crippen MR) is 68.8 cm³/mol. The first-order valence-corrected chi connectivity index (χ1v) is 5.80. The lowest BCUT2D eigenvalue weighted by Gasteiger charge is -2.17. The number of nitrogens with zero attached hydrogens (tertiary/aromatic N) is 2. The number of hydrogen-bond acceptors (Lipinski definition) is 5. The van der Waals surface area contributed by atoms with Gasteiger partial charge in [-0.1, -0.05) is 18.2 Å². The number of rotatable bonds is 5. The van der Waals surface area contributed by atoms with E-state index in [0.29, 0.717) is 23.6 Å². The number of methoxy groups -OCH3 is 1. The molecule has 0 aliphatic rings. The third-order valence-corrected chi connectivity index (χ3v) is 2.80. The van der Waals surface area contributed by atoms with Gasteiger partial charge in [0, 0.05) is 12.4 Å². The minimum atomic E-state index is -0.374. The first kappa shape index (κ1) is 13.4. The van der Waals surface area contributed by atoms with Crippen molar-refractivity contribution >= 4 is 0 Å². The molecule has 1 aromatic heterocycles. The second-order valence-electron chi connectivity index (χ2n) is 3.97. The van der Waals surface area contributed by atoms with Crippen molar-refractivity contribution in [2.45, 2.75) is 12.5 Å². The lowest BCUT2D eigenvalue weighted by atomic mass is 10.0. The smallest absolute Gasteiger partial charge is 0.237 e. The first-order chi connectivity index (χ1) is 9.26. The monoisotopic (exact) mass is 262 g/mol. The molecule has 0 bridgehead atoms. The molecule has 6 heteroatoms. The van der Waals surface area contributed by atoms with Gasteiger partial charge in [-0.2, -0.15) is 0 Å². The number of hydrazine groups is 1. The molecule has 1 atom stereocenters. The highest BCUT2D eigenvalue weighted by molar-refractivity contribution is 5.25. The largest absolute Gasteiger partial charge is 0.480 e. The Morgan fingerprint density at radius 3 is 2.74 bits per heavy atom. The van der Waals surface area contributed by atoms with Crippen LogP contribution in [-0.2, 0) is 6.42 Å². The van der Waals surface area contributed by atoms with E-state index in [-0.39, 0.29) is 11.9 Å². The van der Waals surface area contributed by atoms with Crippen LogP contribution < -0.4 is 16.0 Å². The van der Waals surface area contributed by atoms with Gasteiger partial charge in [0.05, 0.1) is 13.2 Å². The van der Waals surface area contributed by atoms with Gasteiger partial charge in [-0.05, 0) is 18.1 Å². The summed E-state index contributed by atoms with van der Waals surface area (Å²) in [7, 11) is 1.50. The van der Waals surface area contributed by atoms with Gasteiger partial charge in [0.15, 0.2) is 0 Å². The highest BCUT2D eigenvalue weighted by Crippen LogP contribution is 2.23. The van der Waals surface area contributed by atoms with Crippen LogP contribution in [0.25, 0.3) is 0 Å². The van der Waals surface area contributed by atoms with Gasteiger partial charge >= 0.3 is 0 Å². The Hall–Kier alpha value is -2.05. The normalized spacial score (nSPS) is 12.2. The molecule has 0 fully saturated rings. The van der Waals surface area contributed by atoms with Gasteiger partial charge in [0.2, 0.25) is 5.88 Å². The van der Waals surface area contributed by atoms with E-state index in [2.05, 4.69) is 15.4 Å². The fourth-order valence-electron chi connectivity index (χ4n) is 1.85. The molecular formula is C13H15FN4O. The van der Waals surface area contributed by atoms with Crippen molar-refractivity contribution in [1.82, 2.24) is 15.4 Å². The Morgan fingerprint density at radius 1 is 1.32 bits per heavy atom. The molecule has 0 aliphatic heterocycles. The van der Waals surface area contributed by atoms with Crippen LogP contribution in [0.4, 0.5) is 4.39 Å². The molecule has 3 N–H and O–H groups in total. The Bertz CT molecular complexity index is 550. The number of benzene rings is 1. The van der Waals surface area contributed by atoms with Crippen molar-refractivity contribution in [3.63, 3.8) is 0 Å². The molecule has 0 saturated heterocycles. The minimum absolute atomic E-state index is 0.273. The van der Waals surface area contributed by atoms with E-state index in [1.54, 1.807) is 24.4 Å². The van der Waals surface area contributed by atoms with Crippen molar-refractivity contribution in [2.75, 3.05) is 7.11 Å². The maximum atomic E-state index is 13.6. The molecule has 1 heterocycles. The summed E-state index contributed by atoms with van der Waals surface area (Å²) in [5, 5.41) is 0. The minimum Gasteiger partial charge on any atom is -0.480 e. The standard InChI is InChI=1S/C13H15FN4O/c1-19-13-12(16-6-7-17-13)11(18-15)8-9-4-2-3-5-10(9)14/h2-7,11,18H,8,15H2,1H3. The summed E-state index contributed by atoms with van der Waals surface area (Å²) >= 11 is 0. The van der Waals surface area contributed by atoms with Crippen molar-refractivity contribution in [3.8, 4) is 5.88 Å². The van der Waals surface area contributed by atoms with Crippen LogP contribution in [0.3, 0.4) is 0 Å². The van der Waals surface area contributed by atoms with Crippen LogP contribution in [0.5, 0.6) is 5.88 Å². The number of aromatic nitrogens is 2. The molecule has 0 aliphatic carbocycles. The second-order valence-corrected chi connectivity index (χ2v) is 3.97. The maximum absolute atomic E-state index is 13.6. The average molecular weight is 262 g/mol. The van der Waals surface area contributed by atoms with Crippen molar-refractivity contribution < 1.29 is 9.13 Å². The number of nitrogens with two attached hydrogens (primary N) is 1. The van der Waals surface area contributed by atoms with Gasteiger partial charge in [-0.15, -0.1) is 0 Å². The predicted octanol–water partition coefficient (Wildman–Crippen LogP) is 1.37. The molecular weight excluding hydrogens is 247 g/mol. The third kappa shape index (κ3) is 3.04. The van der Waals surface area contributed by atoms with E-state index >= 15 is 0 Å². The quantitative estimate of drug-likeness (QED) is 0.629. The fraction of sp³-hybridized carbons (Fsp3) is 0.231. The SMILES string of the molecule is COc1nccnc1C(Cc1ccccc1F)NN. The lowest BCUT2D eigenvalue weighted by molar-refractivity contribution is 0.376. The zero-order valence-corrected chi connectivity index (χ0v) is 10.5. The molecule has 2 rings (SSSR count). The van der Waals surface area contributed by atoms with E-state index < -0.39 is 0 Å². The second kappa shape index (κ2) is 6.21. The molecule has 0 amide bonds. The molecule has 0 saturated carbocycles. The van der Waals surface area contributed by atoms with Crippen LogP contribution >= 0.6 is 0 Å². The summed E-state index contributed by atoms with van der Waals surface area (Å²) in [4.78, 5) is 8.25. The number of hydrogen-bond donors (Lipinski definition) is 2. The highest BCUT2D eigenvalue weighted by atomic mass is 19.1. The third-order valence-electron chi connectivity index (χ3n) is 2.80. The van der Waals surface area contributed by atoms with Gasteiger partial charge < -0.3 is 4.74 Å².